The molecule has 1 aromatic carbocycles. The second kappa shape index (κ2) is 7.93. The van der Waals surface area contributed by atoms with Gasteiger partial charge in [-0.05, 0) is 30.7 Å². The van der Waals surface area contributed by atoms with Crippen LogP contribution in [0.15, 0.2) is 48.8 Å². The molecule has 0 fully saturated rings. The standard InChI is InChI=1S/C17H18N2O4/c1-2-3-12-23-17(21)14-4-6-15(7-5-14)18-16(20)13-8-10-19(22)11-9-13/h4-11H,2-3,12H2,1H3,(H,18,20). The summed E-state index contributed by atoms with van der Waals surface area (Å²) in [6, 6.07) is 9.32. The number of anilines is 1. The summed E-state index contributed by atoms with van der Waals surface area (Å²) >= 11 is 0. The molecule has 2 rings (SSSR count). The van der Waals surface area contributed by atoms with Crippen molar-refractivity contribution in [3.8, 4) is 0 Å². The number of ether oxygens (including phenoxy) is 1. The molecule has 0 aliphatic heterocycles. The van der Waals surface area contributed by atoms with Crippen LogP contribution in [0.5, 0.6) is 0 Å². The van der Waals surface area contributed by atoms with Crippen LogP contribution in [0.25, 0.3) is 0 Å². The third kappa shape index (κ3) is 4.81. The molecule has 0 unspecified atom stereocenters. The Morgan fingerprint density at radius 1 is 1.09 bits per heavy atom. The van der Waals surface area contributed by atoms with Gasteiger partial charge in [0.15, 0.2) is 12.4 Å². The van der Waals surface area contributed by atoms with E-state index >= 15 is 0 Å². The summed E-state index contributed by atoms with van der Waals surface area (Å²) < 4.78 is 5.72. The van der Waals surface area contributed by atoms with E-state index in [0.717, 1.165) is 12.8 Å². The predicted octanol–water partition coefficient (Wildman–Crippen LogP) is 2.53. The summed E-state index contributed by atoms with van der Waals surface area (Å²) in [5, 5.41) is 13.6. The SMILES string of the molecule is CCCCOC(=O)c1ccc(NC(=O)c2cc[n+]([O-])cc2)cc1. The molecule has 1 aromatic heterocycles. The van der Waals surface area contributed by atoms with E-state index in [1.165, 1.54) is 24.5 Å². The Labute approximate surface area is 134 Å². The minimum Gasteiger partial charge on any atom is -0.619 e. The molecule has 0 radical (unpaired) electrons. The third-order valence-corrected chi connectivity index (χ3v) is 3.17. The zero-order valence-corrected chi connectivity index (χ0v) is 12.8. The zero-order chi connectivity index (χ0) is 16.7. The van der Waals surface area contributed by atoms with Crippen molar-refractivity contribution in [2.75, 3.05) is 11.9 Å². The summed E-state index contributed by atoms with van der Waals surface area (Å²) in [6.45, 7) is 2.43. The van der Waals surface area contributed by atoms with Gasteiger partial charge >= 0.3 is 5.97 Å². The minimum absolute atomic E-state index is 0.330. The van der Waals surface area contributed by atoms with E-state index in [9.17, 15) is 14.8 Å². The summed E-state index contributed by atoms with van der Waals surface area (Å²) in [5.41, 5.74) is 1.37. The number of hydrogen-bond acceptors (Lipinski definition) is 4. The monoisotopic (exact) mass is 314 g/mol. The van der Waals surface area contributed by atoms with Gasteiger partial charge in [-0.3, -0.25) is 4.79 Å². The van der Waals surface area contributed by atoms with Crippen LogP contribution in [0, 0.1) is 5.21 Å². The van der Waals surface area contributed by atoms with E-state index in [1.54, 1.807) is 24.3 Å². The van der Waals surface area contributed by atoms with Crippen molar-refractivity contribution < 1.29 is 19.1 Å². The normalized spacial score (nSPS) is 10.1. The van der Waals surface area contributed by atoms with Gasteiger partial charge in [-0.25, -0.2) is 4.79 Å². The lowest BCUT2D eigenvalue weighted by atomic mass is 10.2. The first-order valence-electron chi connectivity index (χ1n) is 7.37. The molecule has 0 bridgehead atoms. The Morgan fingerprint density at radius 3 is 2.35 bits per heavy atom. The molecular formula is C17H18N2O4. The molecular weight excluding hydrogens is 296 g/mol. The molecule has 0 atom stereocenters. The smallest absolute Gasteiger partial charge is 0.338 e. The number of nitrogens with one attached hydrogen (secondary N) is 1. The number of unbranched alkanes of at least 4 members (excludes halogenated alkanes) is 1. The average Bonchev–Trinajstić information content (AvgIpc) is 2.56. The maximum Gasteiger partial charge on any atom is 0.338 e. The van der Waals surface area contributed by atoms with E-state index < -0.39 is 0 Å². The van der Waals surface area contributed by atoms with Crippen molar-refractivity contribution in [2.24, 2.45) is 0 Å². The lowest BCUT2D eigenvalue weighted by molar-refractivity contribution is -0.605. The number of amides is 1. The Bertz CT molecular complexity index is 666. The second-order valence-corrected chi connectivity index (χ2v) is 4.97. The highest BCUT2D eigenvalue weighted by atomic mass is 16.5. The average molecular weight is 314 g/mol. The molecule has 0 saturated carbocycles. The van der Waals surface area contributed by atoms with Crippen molar-refractivity contribution >= 4 is 17.6 Å². The molecule has 0 aliphatic carbocycles. The highest BCUT2D eigenvalue weighted by Gasteiger charge is 2.09. The Morgan fingerprint density at radius 2 is 1.74 bits per heavy atom. The van der Waals surface area contributed by atoms with E-state index in [4.69, 9.17) is 4.74 Å². The Kier molecular flexibility index (Phi) is 5.68. The van der Waals surface area contributed by atoms with Gasteiger partial charge in [0.25, 0.3) is 5.91 Å². The number of nitrogens with zero attached hydrogens (tertiary/aromatic N) is 1. The van der Waals surface area contributed by atoms with Crippen LogP contribution >= 0.6 is 0 Å². The number of carbonyl (C=O) groups is 2. The van der Waals surface area contributed by atoms with Gasteiger partial charge in [-0.15, -0.1) is 0 Å². The van der Waals surface area contributed by atoms with Crippen LogP contribution in [0.3, 0.4) is 0 Å². The molecule has 0 aliphatic rings. The van der Waals surface area contributed by atoms with E-state index in [0.29, 0.717) is 28.2 Å². The number of rotatable bonds is 6. The predicted molar refractivity (Wildman–Crippen MR) is 85.0 cm³/mol. The van der Waals surface area contributed by atoms with Gasteiger partial charge in [-0.2, -0.15) is 4.73 Å². The molecule has 120 valence electrons. The summed E-state index contributed by atoms with van der Waals surface area (Å²) in [4.78, 5) is 23.8. The summed E-state index contributed by atoms with van der Waals surface area (Å²) in [5.74, 6) is -0.705. The molecule has 0 spiro atoms. The molecule has 6 heteroatoms. The Balaban J connectivity index is 1.95. The van der Waals surface area contributed by atoms with Gasteiger partial charge < -0.3 is 15.3 Å². The van der Waals surface area contributed by atoms with Crippen LogP contribution in [-0.2, 0) is 4.74 Å². The van der Waals surface area contributed by atoms with Gasteiger partial charge in [0, 0.05) is 17.8 Å². The fraction of sp³-hybridized carbons (Fsp3) is 0.235. The largest absolute Gasteiger partial charge is 0.619 e. The summed E-state index contributed by atoms with van der Waals surface area (Å²) in [6.07, 6.45) is 4.30. The first kappa shape index (κ1) is 16.5. The number of pyridine rings is 1. The summed E-state index contributed by atoms with van der Waals surface area (Å²) in [7, 11) is 0. The fourth-order valence-corrected chi connectivity index (χ4v) is 1.85. The van der Waals surface area contributed by atoms with Gasteiger partial charge in [0.2, 0.25) is 0 Å². The van der Waals surface area contributed by atoms with E-state index in [-0.39, 0.29) is 11.9 Å². The van der Waals surface area contributed by atoms with Gasteiger partial charge in [0.05, 0.1) is 17.7 Å². The highest BCUT2D eigenvalue weighted by Crippen LogP contribution is 2.12. The fourth-order valence-electron chi connectivity index (χ4n) is 1.85. The number of hydrogen-bond donors (Lipinski definition) is 1. The molecule has 1 N–H and O–H groups in total. The maximum absolute atomic E-state index is 12.0. The van der Waals surface area contributed by atoms with Crippen LogP contribution < -0.4 is 10.0 Å². The van der Waals surface area contributed by atoms with Crippen LogP contribution in [-0.4, -0.2) is 18.5 Å². The van der Waals surface area contributed by atoms with E-state index in [1.807, 2.05) is 6.92 Å². The lowest BCUT2D eigenvalue weighted by Crippen LogP contribution is -2.25. The maximum atomic E-state index is 12.0. The van der Waals surface area contributed by atoms with Crippen molar-refractivity contribution in [1.82, 2.24) is 0 Å². The van der Waals surface area contributed by atoms with Crippen LogP contribution in [0.4, 0.5) is 5.69 Å². The van der Waals surface area contributed by atoms with Crippen molar-refractivity contribution in [3.63, 3.8) is 0 Å². The van der Waals surface area contributed by atoms with Crippen molar-refractivity contribution in [2.45, 2.75) is 19.8 Å². The quantitative estimate of drug-likeness (QED) is 0.384. The number of carbonyl (C=O) groups excluding carboxylic acids is 2. The molecule has 23 heavy (non-hydrogen) atoms. The van der Waals surface area contributed by atoms with Crippen LogP contribution in [0.1, 0.15) is 40.5 Å². The first-order valence-corrected chi connectivity index (χ1v) is 7.37. The molecule has 1 amide bonds. The molecule has 2 aromatic rings. The number of aromatic nitrogens is 1. The zero-order valence-electron chi connectivity index (χ0n) is 12.8. The second-order valence-electron chi connectivity index (χ2n) is 4.97. The Hall–Kier alpha value is -2.89. The third-order valence-electron chi connectivity index (χ3n) is 3.17. The van der Waals surface area contributed by atoms with Crippen molar-refractivity contribution in [3.05, 3.63) is 65.1 Å². The highest BCUT2D eigenvalue weighted by molar-refractivity contribution is 6.04. The van der Waals surface area contributed by atoms with Crippen molar-refractivity contribution in [1.29, 1.82) is 0 Å². The minimum atomic E-state index is -0.376. The molecule has 6 nitrogen and oxygen atoms in total. The van der Waals surface area contributed by atoms with Gasteiger partial charge in [-0.1, -0.05) is 13.3 Å². The van der Waals surface area contributed by atoms with Crippen LogP contribution in [0.2, 0.25) is 0 Å². The first-order chi connectivity index (χ1) is 11.1. The van der Waals surface area contributed by atoms with E-state index in [2.05, 4.69) is 5.32 Å². The number of esters is 1. The lowest BCUT2D eigenvalue weighted by Gasteiger charge is -2.07. The topological polar surface area (TPSA) is 82.3 Å². The molecule has 0 saturated heterocycles. The van der Waals surface area contributed by atoms with Gasteiger partial charge in [0.1, 0.15) is 0 Å². The molecule has 1 heterocycles. The number of benzene rings is 1.